The Morgan fingerprint density at radius 3 is 2.76 bits per heavy atom. The molecule has 0 amide bonds. The first-order valence-electron chi connectivity index (χ1n) is 5.80. The Hall–Kier alpha value is -1.77. The Morgan fingerprint density at radius 1 is 1.41 bits per heavy atom. The monoisotopic (exact) mass is 229 g/mol. The van der Waals surface area contributed by atoms with E-state index in [0.717, 1.165) is 41.3 Å². The van der Waals surface area contributed by atoms with E-state index in [2.05, 4.69) is 10.8 Å². The van der Waals surface area contributed by atoms with Crippen LogP contribution in [0, 0.1) is 0 Å². The van der Waals surface area contributed by atoms with Gasteiger partial charge in [-0.1, -0.05) is 0 Å². The van der Waals surface area contributed by atoms with Crippen molar-refractivity contribution in [2.24, 2.45) is 7.05 Å². The van der Waals surface area contributed by atoms with Crippen molar-refractivity contribution in [3.8, 4) is 5.75 Å². The number of methoxy groups -OCH3 is 1. The van der Waals surface area contributed by atoms with Crippen LogP contribution in [-0.2, 0) is 17.3 Å². The third-order valence-electron chi connectivity index (χ3n) is 3.75. The normalized spacial score (nSPS) is 17.1. The van der Waals surface area contributed by atoms with Gasteiger partial charge in [-0.05, 0) is 36.6 Å². The molecule has 1 aromatic heterocycles. The van der Waals surface area contributed by atoms with Crippen molar-refractivity contribution in [1.29, 1.82) is 0 Å². The minimum atomic E-state index is -0.230. The lowest BCUT2D eigenvalue weighted by atomic mass is 9.97. The highest BCUT2D eigenvalue weighted by molar-refractivity contribution is 5.91. The van der Waals surface area contributed by atoms with Crippen molar-refractivity contribution < 1.29 is 9.53 Å². The maximum absolute atomic E-state index is 11.3. The summed E-state index contributed by atoms with van der Waals surface area (Å²) in [6.07, 6.45) is 5.10. The van der Waals surface area contributed by atoms with Crippen LogP contribution in [0.25, 0.3) is 10.9 Å². The van der Waals surface area contributed by atoms with E-state index >= 15 is 0 Å². The molecule has 0 bridgehead atoms. The van der Waals surface area contributed by atoms with Gasteiger partial charge in [0.05, 0.1) is 12.5 Å². The molecule has 88 valence electrons. The van der Waals surface area contributed by atoms with Gasteiger partial charge in [-0.3, -0.25) is 0 Å². The van der Waals surface area contributed by atoms with Crippen LogP contribution in [0.5, 0.6) is 5.75 Å². The summed E-state index contributed by atoms with van der Waals surface area (Å²) in [5.41, 5.74) is 2.06. The van der Waals surface area contributed by atoms with Gasteiger partial charge in [0.1, 0.15) is 12.0 Å². The Kier molecular flexibility index (Phi) is 2.05. The topological polar surface area (TPSA) is 31.2 Å². The van der Waals surface area contributed by atoms with Gasteiger partial charge < -0.3 is 14.1 Å². The smallest absolute Gasteiger partial charge is 0.130 e. The quantitative estimate of drug-likeness (QED) is 0.757. The molecule has 0 spiro atoms. The number of nitrogens with zero attached hydrogens (tertiary/aromatic N) is 1. The zero-order valence-electron chi connectivity index (χ0n) is 10.1. The van der Waals surface area contributed by atoms with Crippen LogP contribution in [0.3, 0.4) is 0 Å². The van der Waals surface area contributed by atoms with Gasteiger partial charge in [0.2, 0.25) is 0 Å². The fourth-order valence-corrected chi connectivity index (χ4v) is 2.48. The van der Waals surface area contributed by atoms with Crippen LogP contribution < -0.4 is 4.74 Å². The molecular formula is C14H15NO2. The lowest BCUT2D eigenvalue weighted by Crippen LogP contribution is -2.06. The largest absolute Gasteiger partial charge is 0.497 e. The van der Waals surface area contributed by atoms with Gasteiger partial charge in [-0.25, -0.2) is 0 Å². The molecule has 0 radical (unpaired) electrons. The summed E-state index contributed by atoms with van der Waals surface area (Å²) < 4.78 is 7.33. The van der Waals surface area contributed by atoms with E-state index < -0.39 is 0 Å². The van der Waals surface area contributed by atoms with E-state index in [1.54, 1.807) is 7.11 Å². The lowest BCUT2D eigenvalue weighted by molar-refractivity contribution is -0.109. The van der Waals surface area contributed by atoms with E-state index in [1.165, 1.54) is 0 Å². The summed E-state index contributed by atoms with van der Waals surface area (Å²) in [6, 6.07) is 6.01. The predicted octanol–water partition coefficient (Wildman–Crippen LogP) is 2.42. The number of fused-ring (bicyclic) bond motifs is 1. The van der Waals surface area contributed by atoms with E-state index in [9.17, 15) is 4.79 Å². The van der Waals surface area contributed by atoms with Crippen molar-refractivity contribution in [2.75, 3.05) is 7.11 Å². The standard InChI is InChI=1S/C14H15NO2/c1-15-8-12(14(9-16)5-6-14)11-7-10(17-2)3-4-13(11)15/h3-4,7-9H,5-6H2,1-2H3. The first-order chi connectivity index (χ1) is 8.20. The fraction of sp³-hybridized carbons (Fsp3) is 0.357. The highest BCUT2D eigenvalue weighted by Gasteiger charge is 2.46. The number of carbonyl (C=O) groups excluding carboxylic acids is 1. The molecule has 3 rings (SSSR count). The summed E-state index contributed by atoms with van der Waals surface area (Å²) in [6.45, 7) is 0. The van der Waals surface area contributed by atoms with Crippen LogP contribution >= 0.6 is 0 Å². The number of aromatic nitrogens is 1. The average molecular weight is 229 g/mol. The lowest BCUT2D eigenvalue weighted by Gasteiger charge is -2.06. The molecule has 0 saturated heterocycles. The SMILES string of the molecule is COc1ccc2c(c1)c(C1(C=O)CC1)cn2C. The Balaban J connectivity index is 2.27. The van der Waals surface area contributed by atoms with Crippen molar-refractivity contribution in [3.63, 3.8) is 0 Å². The van der Waals surface area contributed by atoms with E-state index in [0.29, 0.717) is 0 Å². The van der Waals surface area contributed by atoms with E-state index in [-0.39, 0.29) is 5.41 Å². The van der Waals surface area contributed by atoms with Gasteiger partial charge in [0.15, 0.2) is 0 Å². The molecule has 17 heavy (non-hydrogen) atoms. The van der Waals surface area contributed by atoms with Crippen LogP contribution in [-0.4, -0.2) is 18.0 Å². The molecular weight excluding hydrogens is 214 g/mol. The van der Waals surface area contributed by atoms with Crippen LogP contribution in [0.15, 0.2) is 24.4 Å². The zero-order valence-corrected chi connectivity index (χ0v) is 10.1. The summed E-state index contributed by atoms with van der Waals surface area (Å²) in [5, 5.41) is 1.14. The van der Waals surface area contributed by atoms with Crippen molar-refractivity contribution in [1.82, 2.24) is 4.57 Å². The molecule has 0 aliphatic heterocycles. The zero-order chi connectivity index (χ0) is 12.0. The van der Waals surface area contributed by atoms with Crippen molar-refractivity contribution in [3.05, 3.63) is 30.0 Å². The fourth-order valence-electron chi connectivity index (χ4n) is 2.48. The Bertz CT molecular complexity index is 594. The highest BCUT2D eigenvalue weighted by atomic mass is 16.5. The first kappa shape index (κ1) is 10.4. The summed E-state index contributed by atoms with van der Waals surface area (Å²) in [4.78, 5) is 11.3. The molecule has 3 nitrogen and oxygen atoms in total. The van der Waals surface area contributed by atoms with Gasteiger partial charge >= 0.3 is 0 Å². The number of hydrogen-bond donors (Lipinski definition) is 0. The second kappa shape index (κ2) is 3.36. The third-order valence-corrected chi connectivity index (χ3v) is 3.75. The number of aldehydes is 1. The number of ether oxygens (including phenoxy) is 1. The number of hydrogen-bond acceptors (Lipinski definition) is 2. The molecule has 0 unspecified atom stereocenters. The summed E-state index contributed by atoms with van der Waals surface area (Å²) >= 11 is 0. The third kappa shape index (κ3) is 1.38. The maximum Gasteiger partial charge on any atom is 0.130 e. The number of carbonyl (C=O) groups is 1. The van der Waals surface area contributed by atoms with Gasteiger partial charge in [-0.2, -0.15) is 0 Å². The van der Waals surface area contributed by atoms with Crippen molar-refractivity contribution >= 4 is 17.2 Å². The molecule has 1 heterocycles. The predicted molar refractivity (Wildman–Crippen MR) is 66.4 cm³/mol. The maximum atomic E-state index is 11.3. The average Bonchev–Trinajstić information content (AvgIpc) is 3.09. The van der Waals surface area contributed by atoms with Gasteiger partial charge in [-0.15, -0.1) is 0 Å². The molecule has 3 heteroatoms. The number of benzene rings is 1. The summed E-state index contributed by atoms with van der Waals surface area (Å²) in [7, 11) is 3.68. The Morgan fingerprint density at radius 2 is 2.18 bits per heavy atom. The van der Waals surface area contributed by atoms with Crippen molar-refractivity contribution in [2.45, 2.75) is 18.3 Å². The first-order valence-corrected chi connectivity index (χ1v) is 5.80. The highest BCUT2D eigenvalue weighted by Crippen LogP contribution is 2.49. The summed E-state index contributed by atoms with van der Waals surface area (Å²) in [5.74, 6) is 0.839. The van der Waals surface area contributed by atoms with E-state index in [4.69, 9.17) is 4.74 Å². The molecule has 1 aliphatic rings. The number of rotatable bonds is 3. The molecule has 0 N–H and O–H groups in total. The van der Waals surface area contributed by atoms with Crippen LogP contribution in [0.4, 0.5) is 0 Å². The van der Waals surface area contributed by atoms with Gasteiger partial charge in [0.25, 0.3) is 0 Å². The second-order valence-corrected chi connectivity index (χ2v) is 4.81. The Labute approximate surface area is 100.0 Å². The van der Waals surface area contributed by atoms with Crippen LogP contribution in [0.2, 0.25) is 0 Å². The molecule has 1 aromatic carbocycles. The minimum Gasteiger partial charge on any atom is -0.497 e. The molecule has 2 aromatic rings. The molecule has 1 saturated carbocycles. The molecule has 0 atom stereocenters. The molecule has 1 fully saturated rings. The van der Waals surface area contributed by atoms with E-state index in [1.807, 2.05) is 25.2 Å². The minimum absolute atomic E-state index is 0.230. The molecule has 1 aliphatic carbocycles. The number of aryl methyl sites for hydroxylation is 1. The van der Waals surface area contributed by atoms with Crippen LogP contribution in [0.1, 0.15) is 18.4 Å². The second-order valence-electron chi connectivity index (χ2n) is 4.81. The van der Waals surface area contributed by atoms with Gasteiger partial charge in [0, 0.05) is 24.1 Å².